The predicted molar refractivity (Wildman–Crippen MR) is 85.6 cm³/mol. The van der Waals surface area contributed by atoms with Crippen molar-refractivity contribution in [3.63, 3.8) is 0 Å². The number of benzene rings is 1. The Kier molecular flexibility index (Phi) is 4.78. The zero-order chi connectivity index (χ0) is 14.7. The Hall–Kier alpha value is -1.39. The summed E-state index contributed by atoms with van der Waals surface area (Å²) in [6, 6.07) is 8.05. The first-order valence-electron chi connectivity index (χ1n) is 6.29. The Labute approximate surface area is 128 Å². The maximum Gasteiger partial charge on any atom is 0.162 e. The van der Waals surface area contributed by atoms with Crippen LogP contribution in [0.5, 0.6) is 11.5 Å². The van der Waals surface area contributed by atoms with Gasteiger partial charge in [0.2, 0.25) is 0 Å². The minimum Gasteiger partial charge on any atom is -0.493 e. The summed E-state index contributed by atoms with van der Waals surface area (Å²) in [5.74, 6) is 1.29. The summed E-state index contributed by atoms with van der Waals surface area (Å²) in [4.78, 5) is 2.57. The Morgan fingerprint density at radius 1 is 1.15 bits per heavy atom. The van der Waals surface area contributed by atoms with Crippen molar-refractivity contribution in [2.75, 3.05) is 19.5 Å². The van der Waals surface area contributed by atoms with E-state index in [1.165, 1.54) is 9.75 Å². The summed E-state index contributed by atoms with van der Waals surface area (Å²) >= 11 is 8.06. The van der Waals surface area contributed by atoms with E-state index in [1.54, 1.807) is 31.6 Å². The first kappa shape index (κ1) is 15.0. The second kappa shape index (κ2) is 6.37. The molecule has 0 amide bonds. The highest BCUT2D eigenvalue weighted by atomic mass is 35.5. The van der Waals surface area contributed by atoms with Gasteiger partial charge in [-0.05, 0) is 26.0 Å². The molecule has 2 aromatic rings. The SMILES string of the molecule is COc1cc(Cl)c(NC(C)c2ccc(C)s2)cc1OC. The van der Waals surface area contributed by atoms with E-state index >= 15 is 0 Å². The first-order valence-corrected chi connectivity index (χ1v) is 7.49. The molecular formula is C15H18ClNO2S. The van der Waals surface area contributed by atoms with Crippen LogP contribution in [0.4, 0.5) is 5.69 Å². The van der Waals surface area contributed by atoms with Crippen LogP contribution >= 0.6 is 22.9 Å². The Balaban J connectivity index is 2.24. The Bertz CT molecular complexity index is 598. The molecule has 3 nitrogen and oxygen atoms in total. The molecule has 108 valence electrons. The molecule has 0 spiro atoms. The van der Waals surface area contributed by atoms with E-state index in [0.29, 0.717) is 16.5 Å². The van der Waals surface area contributed by atoms with Gasteiger partial charge in [-0.3, -0.25) is 0 Å². The second-order valence-electron chi connectivity index (χ2n) is 4.50. The molecule has 0 aliphatic rings. The molecule has 5 heteroatoms. The lowest BCUT2D eigenvalue weighted by Gasteiger charge is -2.17. The van der Waals surface area contributed by atoms with Crippen LogP contribution in [0.2, 0.25) is 5.02 Å². The number of hydrogen-bond acceptors (Lipinski definition) is 4. The third-order valence-electron chi connectivity index (χ3n) is 3.03. The number of ether oxygens (including phenoxy) is 2. The van der Waals surface area contributed by atoms with Gasteiger partial charge < -0.3 is 14.8 Å². The summed E-state index contributed by atoms with van der Waals surface area (Å²) < 4.78 is 10.5. The standard InChI is InChI=1S/C15H18ClNO2S/c1-9-5-6-15(20-9)10(2)17-12-8-14(19-4)13(18-3)7-11(12)16/h5-8,10,17H,1-4H3. The molecule has 20 heavy (non-hydrogen) atoms. The molecule has 0 radical (unpaired) electrons. The predicted octanol–water partition coefficient (Wildman–Crippen LogP) is 4.90. The van der Waals surface area contributed by atoms with Crippen LogP contribution in [0.25, 0.3) is 0 Å². The number of hydrogen-bond donors (Lipinski definition) is 1. The first-order chi connectivity index (χ1) is 9.55. The quantitative estimate of drug-likeness (QED) is 0.852. The normalized spacial score (nSPS) is 12.1. The second-order valence-corrected chi connectivity index (χ2v) is 6.23. The van der Waals surface area contributed by atoms with Crippen LogP contribution in [0.15, 0.2) is 24.3 Å². The molecule has 0 aliphatic carbocycles. The van der Waals surface area contributed by atoms with Crippen molar-refractivity contribution in [2.24, 2.45) is 0 Å². The third kappa shape index (κ3) is 3.19. The highest BCUT2D eigenvalue weighted by Gasteiger charge is 2.13. The summed E-state index contributed by atoms with van der Waals surface area (Å²) in [5.41, 5.74) is 0.836. The average molecular weight is 312 g/mol. The van der Waals surface area contributed by atoms with Crippen LogP contribution < -0.4 is 14.8 Å². The van der Waals surface area contributed by atoms with Gasteiger partial charge in [-0.2, -0.15) is 0 Å². The molecule has 2 rings (SSSR count). The molecule has 1 N–H and O–H groups in total. The van der Waals surface area contributed by atoms with E-state index in [2.05, 4.69) is 31.3 Å². The van der Waals surface area contributed by atoms with Gasteiger partial charge in [0.1, 0.15) is 0 Å². The fourth-order valence-corrected chi connectivity index (χ4v) is 3.04. The minimum absolute atomic E-state index is 0.185. The average Bonchev–Trinajstić information content (AvgIpc) is 2.87. The monoisotopic (exact) mass is 311 g/mol. The molecule has 1 aromatic carbocycles. The smallest absolute Gasteiger partial charge is 0.162 e. The molecule has 0 fully saturated rings. The molecule has 1 unspecified atom stereocenters. The van der Waals surface area contributed by atoms with E-state index in [9.17, 15) is 0 Å². The number of halogens is 1. The van der Waals surface area contributed by atoms with Crippen LogP contribution in [0, 0.1) is 6.92 Å². The minimum atomic E-state index is 0.185. The maximum absolute atomic E-state index is 6.28. The van der Waals surface area contributed by atoms with Crippen molar-refractivity contribution < 1.29 is 9.47 Å². The van der Waals surface area contributed by atoms with Crippen molar-refractivity contribution in [3.8, 4) is 11.5 Å². The van der Waals surface area contributed by atoms with Crippen LogP contribution in [-0.4, -0.2) is 14.2 Å². The van der Waals surface area contributed by atoms with E-state index in [4.69, 9.17) is 21.1 Å². The van der Waals surface area contributed by atoms with Crippen LogP contribution in [0.3, 0.4) is 0 Å². The number of nitrogens with one attached hydrogen (secondary N) is 1. The lowest BCUT2D eigenvalue weighted by Crippen LogP contribution is -2.05. The van der Waals surface area contributed by atoms with Crippen molar-refractivity contribution in [2.45, 2.75) is 19.9 Å². The van der Waals surface area contributed by atoms with E-state index in [-0.39, 0.29) is 6.04 Å². The van der Waals surface area contributed by atoms with Crippen molar-refractivity contribution in [1.29, 1.82) is 0 Å². The van der Waals surface area contributed by atoms with Gasteiger partial charge in [-0.25, -0.2) is 0 Å². The zero-order valence-electron chi connectivity index (χ0n) is 12.0. The molecule has 0 bridgehead atoms. The highest BCUT2D eigenvalue weighted by Crippen LogP contribution is 2.37. The Morgan fingerprint density at radius 2 is 1.80 bits per heavy atom. The number of aryl methyl sites for hydroxylation is 1. The number of rotatable bonds is 5. The van der Waals surface area contributed by atoms with Gasteiger partial charge in [-0.15, -0.1) is 11.3 Å². The summed E-state index contributed by atoms with van der Waals surface area (Å²) in [6.07, 6.45) is 0. The molecule has 0 aliphatic heterocycles. The number of methoxy groups -OCH3 is 2. The maximum atomic E-state index is 6.28. The largest absolute Gasteiger partial charge is 0.493 e. The summed E-state index contributed by atoms with van der Waals surface area (Å²) in [5, 5.41) is 4.02. The van der Waals surface area contributed by atoms with Gasteiger partial charge in [0.15, 0.2) is 11.5 Å². The molecular weight excluding hydrogens is 294 g/mol. The Morgan fingerprint density at radius 3 is 2.35 bits per heavy atom. The van der Waals surface area contributed by atoms with Gasteiger partial charge in [0.05, 0.1) is 31.0 Å². The molecule has 1 aromatic heterocycles. The zero-order valence-corrected chi connectivity index (χ0v) is 13.6. The van der Waals surface area contributed by atoms with Crippen LogP contribution in [0.1, 0.15) is 22.7 Å². The van der Waals surface area contributed by atoms with Gasteiger partial charge in [0.25, 0.3) is 0 Å². The molecule has 0 saturated heterocycles. The fourth-order valence-electron chi connectivity index (χ4n) is 1.96. The topological polar surface area (TPSA) is 30.5 Å². The molecule has 1 atom stereocenters. The van der Waals surface area contributed by atoms with Crippen LogP contribution in [-0.2, 0) is 0 Å². The lowest BCUT2D eigenvalue weighted by molar-refractivity contribution is 0.355. The molecule has 0 saturated carbocycles. The fraction of sp³-hybridized carbons (Fsp3) is 0.333. The van der Waals surface area contributed by atoms with Crippen molar-refractivity contribution in [3.05, 3.63) is 39.0 Å². The number of thiophene rings is 1. The summed E-state index contributed by atoms with van der Waals surface area (Å²) in [6.45, 7) is 4.21. The highest BCUT2D eigenvalue weighted by molar-refractivity contribution is 7.12. The number of anilines is 1. The van der Waals surface area contributed by atoms with E-state index in [0.717, 1.165) is 5.69 Å². The van der Waals surface area contributed by atoms with Crippen molar-refractivity contribution in [1.82, 2.24) is 0 Å². The van der Waals surface area contributed by atoms with Gasteiger partial charge >= 0.3 is 0 Å². The lowest BCUT2D eigenvalue weighted by atomic mass is 10.2. The van der Waals surface area contributed by atoms with E-state index < -0.39 is 0 Å². The summed E-state index contributed by atoms with van der Waals surface area (Å²) in [7, 11) is 3.21. The van der Waals surface area contributed by atoms with Gasteiger partial charge in [-0.1, -0.05) is 11.6 Å². The van der Waals surface area contributed by atoms with E-state index in [1.807, 2.05) is 6.07 Å². The van der Waals surface area contributed by atoms with Crippen molar-refractivity contribution >= 4 is 28.6 Å². The molecule has 1 heterocycles. The van der Waals surface area contributed by atoms with Gasteiger partial charge in [0, 0.05) is 21.9 Å². The third-order valence-corrected chi connectivity index (χ3v) is 4.53.